The summed E-state index contributed by atoms with van der Waals surface area (Å²) in [6.07, 6.45) is -0.182. The molecule has 17 heavy (non-hydrogen) atoms. The maximum atomic E-state index is 13.4. The molecule has 0 aliphatic rings. The SMILES string of the molecule is CN(CCC(=O)O)C(=O)c1ccc(N)cc1F. The van der Waals surface area contributed by atoms with Gasteiger partial charge in [-0.3, -0.25) is 9.59 Å². The molecule has 0 saturated heterocycles. The van der Waals surface area contributed by atoms with Gasteiger partial charge in [-0.05, 0) is 18.2 Å². The average Bonchev–Trinajstić information content (AvgIpc) is 2.25. The lowest BCUT2D eigenvalue weighted by Gasteiger charge is -2.16. The summed E-state index contributed by atoms with van der Waals surface area (Å²) in [6.45, 7) is 0.0258. The molecule has 0 bridgehead atoms. The fraction of sp³-hybridized carbons (Fsp3) is 0.273. The number of rotatable bonds is 4. The van der Waals surface area contributed by atoms with Crippen LogP contribution in [0.1, 0.15) is 16.8 Å². The normalized spacial score (nSPS) is 10.0. The fourth-order valence-corrected chi connectivity index (χ4v) is 1.28. The van der Waals surface area contributed by atoms with Gasteiger partial charge in [0.15, 0.2) is 0 Å². The number of carboxylic acids is 1. The van der Waals surface area contributed by atoms with Gasteiger partial charge < -0.3 is 15.7 Å². The number of amides is 1. The molecule has 0 aromatic heterocycles. The Labute approximate surface area is 97.6 Å². The van der Waals surface area contributed by atoms with Crippen LogP contribution in [-0.4, -0.2) is 35.5 Å². The van der Waals surface area contributed by atoms with Crippen molar-refractivity contribution < 1.29 is 19.1 Å². The van der Waals surface area contributed by atoms with Crippen molar-refractivity contribution in [1.29, 1.82) is 0 Å². The quantitative estimate of drug-likeness (QED) is 0.767. The van der Waals surface area contributed by atoms with Crippen molar-refractivity contribution in [2.45, 2.75) is 6.42 Å². The van der Waals surface area contributed by atoms with E-state index >= 15 is 0 Å². The van der Waals surface area contributed by atoms with E-state index in [9.17, 15) is 14.0 Å². The minimum atomic E-state index is -1.01. The number of hydrogen-bond donors (Lipinski definition) is 2. The Morgan fingerprint density at radius 2 is 2.12 bits per heavy atom. The van der Waals surface area contributed by atoms with Gasteiger partial charge in [0, 0.05) is 19.3 Å². The van der Waals surface area contributed by atoms with Crippen LogP contribution in [0.3, 0.4) is 0 Å². The van der Waals surface area contributed by atoms with E-state index in [0.29, 0.717) is 0 Å². The zero-order valence-electron chi connectivity index (χ0n) is 9.31. The highest BCUT2D eigenvalue weighted by Gasteiger charge is 2.16. The van der Waals surface area contributed by atoms with Crippen molar-refractivity contribution in [3.05, 3.63) is 29.6 Å². The summed E-state index contributed by atoms with van der Waals surface area (Å²) in [5, 5.41) is 8.48. The van der Waals surface area contributed by atoms with E-state index in [4.69, 9.17) is 10.8 Å². The number of benzene rings is 1. The van der Waals surface area contributed by atoms with Crippen molar-refractivity contribution in [2.24, 2.45) is 0 Å². The molecule has 3 N–H and O–H groups in total. The lowest BCUT2D eigenvalue weighted by Crippen LogP contribution is -2.29. The van der Waals surface area contributed by atoms with Crippen LogP contribution in [0.25, 0.3) is 0 Å². The van der Waals surface area contributed by atoms with Crippen molar-refractivity contribution in [2.75, 3.05) is 19.3 Å². The maximum Gasteiger partial charge on any atom is 0.305 e. The van der Waals surface area contributed by atoms with E-state index in [1.165, 1.54) is 19.2 Å². The van der Waals surface area contributed by atoms with Crippen LogP contribution < -0.4 is 5.73 Å². The number of carbonyl (C=O) groups excluding carboxylic acids is 1. The van der Waals surface area contributed by atoms with Crippen LogP contribution in [0.15, 0.2) is 18.2 Å². The second-order valence-electron chi connectivity index (χ2n) is 3.61. The Morgan fingerprint density at radius 3 is 2.65 bits per heavy atom. The van der Waals surface area contributed by atoms with Crippen LogP contribution in [0, 0.1) is 5.82 Å². The highest BCUT2D eigenvalue weighted by molar-refractivity contribution is 5.94. The Balaban J connectivity index is 2.78. The summed E-state index contributed by atoms with van der Waals surface area (Å²) >= 11 is 0. The van der Waals surface area contributed by atoms with Gasteiger partial charge in [-0.2, -0.15) is 0 Å². The van der Waals surface area contributed by atoms with Gasteiger partial charge in [0.2, 0.25) is 0 Å². The Kier molecular flexibility index (Phi) is 4.03. The third kappa shape index (κ3) is 3.44. The van der Waals surface area contributed by atoms with E-state index in [2.05, 4.69) is 0 Å². The molecule has 0 heterocycles. The summed E-state index contributed by atoms with van der Waals surface area (Å²) in [5.74, 6) is -2.29. The fourth-order valence-electron chi connectivity index (χ4n) is 1.28. The van der Waals surface area contributed by atoms with Crippen LogP contribution >= 0.6 is 0 Å². The van der Waals surface area contributed by atoms with E-state index in [-0.39, 0.29) is 24.2 Å². The van der Waals surface area contributed by atoms with Crippen molar-refractivity contribution in [3.8, 4) is 0 Å². The first-order valence-electron chi connectivity index (χ1n) is 4.94. The van der Waals surface area contributed by atoms with Crippen LogP contribution in [0.5, 0.6) is 0 Å². The number of halogens is 1. The largest absolute Gasteiger partial charge is 0.481 e. The number of nitrogen functional groups attached to an aromatic ring is 1. The first-order valence-corrected chi connectivity index (χ1v) is 4.94. The maximum absolute atomic E-state index is 13.4. The molecular weight excluding hydrogens is 227 g/mol. The number of hydrogen-bond acceptors (Lipinski definition) is 3. The molecule has 92 valence electrons. The molecular formula is C11H13FN2O3. The summed E-state index contributed by atoms with van der Waals surface area (Å²) in [6, 6.07) is 3.75. The first kappa shape index (κ1) is 13.0. The molecule has 1 aromatic rings. The molecule has 0 saturated carbocycles. The van der Waals surface area contributed by atoms with Crippen molar-refractivity contribution >= 4 is 17.6 Å². The number of anilines is 1. The summed E-state index contributed by atoms with van der Waals surface area (Å²) in [7, 11) is 1.42. The average molecular weight is 240 g/mol. The summed E-state index contributed by atoms with van der Waals surface area (Å²) in [5.41, 5.74) is 5.47. The molecule has 1 aromatic carbocycles. The van der Waals surface area contributed by atoms with Gasteiger partial charge in [-0.15, -0.1) is 0 Å². The summed E-state index contributed by atoms with van der Waals surface area (Å²) in [4.78, 5) is 23.2. The molecule has 0 radical (unpaired) electrons. The second-order valence-corrected chi connectivity index (χ2v) is 3.61. The van der Waals surface area contributed by atoms with Gasteiger partial charge in [0.05, 0.1) is 12.0 Å². The third-order valence-corrected chi connectivity index (χ3v) is 2.23. The van der Waals surface area contributed by atoms with Gasteiger partial charge in [-0.25, -0.2) is 4.39 Å². The molecule has 6 heteroatoms. The van der Waals surface area contributed by atoms with Gasteiger partial charge in [0.25, 0.3) is 5.91 Å². The predicted octanol–water partition coefficient (Wildman–Crippen LogP) is 0.955. The molecule has 0 aliphatic heterocycles. The van der Waals surface area contributed by atoms with E-state index in [1.54, 1.807) is 0 Å². The number of nitrogens with zero attached hydrogens (tertiary/aromatic N) is 1. The Morgan fingerprint density at radius 1 is 1.47 bits per heavy atom. The predicted molar refractivity (Wildman–Crippen MR) is 60.0 cm³/mol. The first-order chi connectivity index (χ1) is 7.91. The van der Waals surface area contributed by atoms with Gasteiger partial charge in [0.1, 0.15) is 5.82 Å². The lowest BCUT2D eigenvalue weighted by molar-refractivity contribution is -0.137. The van der Waals surface area contributed by atoms with E-state index in [1.807, 2.05) is 0 Å². The molecule has 0 spiro atoms. The monoisotopic (exact) mass is 240 g/mol. The Bertz CT molecular complexity index is 448. The smallest absolute Gasteiger partial charge is 0.305 e. The second kappa shape index (κ2) is 5.29. The zero-order valence-corrected chi connectivity index (χ0v) is 9.31. The molecule has 0 atom stereocenters. The Hall–Kier alpha value is -2.11. The highest BCUT2D eigenvalue weighted by atomic mass is 19.1. The van der Waals surface area contributed by atoms with Crippen LogP contribution in [0.2, 0.25) is 0 Å². The number of carboxylic acid groups (broad SMARTS) is 1. The molecule has 1 amide bonds. The standard InChI is InChI=1S/C11H13FN2O3/c1-14(5-4-10(15)16)11(17)8-3-2-7(13)6-9(8)12/h2-3,6H,4-5,13H2,1H3,(H,15,16). The van der Waals surface area contributed by atoms with Crippen LogP contribution in [0.4, 0.5) is 10.1 Å². The topological polar surface area (TPSA) is 83.6 Å². The zero-order chi connectivity index (χ0) is 13.0. The lowest BCUT2D eigenvalue weighted by atomic mass is 10.1. The molecule has 0 fully saturated rings. The van der Waals surface area contributed by atoms with Crippen molar-refractivity contribution in [1.82, 2.24) is 4.90 Å². The number of aliphatic carboxylic acids is 1. The molecule has 0 unspecified atom stereocenters. The minimum Gasteiger partial charge on any atom is -0.481 e. The van der Waals surface area contributed by atoms with E-state index < -0.39 is 17.7 Å². The van der Waals surface area contributed by atoms with Crippen LogP contribution in [-0.2, 0) is 4.79 Å². The number of carbonyl (C=O) groups is 2. The molecule has 0 aliphatic carbocycles. The van der Waals surface area contributed by atoms with Crippen molar-refractivity contribution in [3.63, 3.8) is 0 Å². The molecule has 1 rings (SSSR count). The molecule has 5 nitrogen and oxygen atoms in total. The number of nitrogens with two attached hydrogens (primary N) is 1. The third-order valence-electron chi connectivity index (χ3n) is 2.23. The van der Waals surface area contributed by atoms with E-state index in [0.717, 1.165) is 11.0 Å². The minimum absolute atomic E-state index is 0.0258. The summed E-state index contributed by atoms with van der Waals surface area (Å²) < 4.78 is 13.4. The van der Waals surface area contributed by atoms with Gasteiger partial charge >= 0.3 is 5.97 Å². The van der Waals surface area contributed by atoms with Gasteiger partial charge in [-0.1, -0.05) is 0 Å². The highest BCUT2D eigenvalue weighted by Crippen LogP contribution is 2.13.